The van der Waals surface area contributed by atoms with E-state index in [9.17, 15) is 0 Å². The van der Waals surface area contributed by atoms with Crippen LogP contribution in [0.25, 0.3) is 0 Å². The first-order valence-electron chi connectivity index (χ1n) is 7.33. The molecule has 21 heavy (non-hydrogen) atoms. The van der Waals surface area contributed by atoms with Crippen LogP contribution in [-0.2, 0) is 13.0 Å². The van der Waals surface area contributed by atoms with Gasteiger partial charge in [0.05, 0.1) is 6.54 Å². The summed E-state index contributed by atoms with van der Waals surface area (Å²) in [7, 11) is 0. The standard InChI is InChI=1S/C18H20N2S/c1-14-7-9-16(10-8-14)12-19-18-20-17(13-21-18)11-15-5-3-2-4-6-15/h2-10,17H,11-13H2,1H3,(H,19,20). The largest absolute Gasteiger partial charge is 0.361 e. The topological polar surface area (TPSA) is 24.4 Å². The van der Waals surface area contributed by atoms with Crippen LogP contribution < -0.4 is 5.32 Å². The second-order valence-electron chi connectivity index (χ2n) is 5.45. The summed E-state index contributed by atoms with van der Waals surface area (Å²) in [5.41, 5.74) is 3.94. The summed E-state index contributed by atoms with van der Waals surface area (Å²) in [4.78, 5) is 4.68. The van der Waals surface area contributed by atoms with E-state index in [2.05, 4.69) is 71.8 Å². The van der Waals surface area contributed by atoms with Crippen molar-refractivity contribution in [2.24, 2.45) is 4.99 Å². The maximum atomic E-state index is 4.68. The van der Waals surface area contributed by atoms with Gasteiger partial charge in [-0.05, 0) is 24.5 Å². The molecular formula is C18H20N2S. The number of nitrogens with one attached hydrogen (secondary N) is 1. The molecule has 2 aromatic rings. The highest BCUT2D eigenvalue weighted by atomic mass is 32.2. The Kier molecular flexibility index (Phi) is 4.61. The quantitative estimate of drug-likeness (QED) is 0.928. The van der Waals surface area contributed by atoms with Gasteiger partial charge in [-0.15, -0.1) is 0 Å². The number of hydrogen-bond donors (Lipinski definition) is 1. The first-order chi connectivity index (χ1) is 10.3. The van der Waals surface area contributed by atoms with Crippen LogP contribution in [0.1, 0.15) is 16.7 Å². The lowest BCUT2D eigenvalue weighted by Crippen LogP contribution is -2.29. The summed E-state index contributed by atoms with van der Waals surface area (Å²) in [5, 5.41) is 4.61. The monoisotopic (exact) mass is 296 g/mol. The van der Waals surface area contributed by atoms with Gasteiger partial charge in [0.25, 0.3) is 0 Å². The third kappa shape index (κ3) is 4.11. The second-order valence-corrected chi connectivity index (χ2v) is 6.46. The molecule has 0 radical (unpaired) electrons. The number of rotatable bonds is 4. The van der Waals surface area contributed by atoms with Gasteiger partial charge in [0.2, 0.25) is 0 Å². The zero-order valence-electron chi connectivity index (χ0n) is 12.3. The fourth-order valence-corrected chi connectivity index (χ4v) is 3.36. The van der Waals surface area contributed by atoms with Crippen molar-refractivity contribution in [3.63, 3.8) is 0 Å². The van der Waals surface area contributed by atoms with E-state index in [0.29, 0.717) is 6.04 Å². The highest BCUT2D eigenvalue weighted by molar-refractivity contribution is 8.14. The Hall–Kier alpha value is -1.74. The van der Waals surface area contributed by atoms with Crippen LogP contribution >= 0.6 is 11.8 Å². The average Bonchev–Trinajstić information content (AvgIpc) is 2.95. The average molecular weight is 296 g/mol. The second kappa shape index (κ2) is 6.81. The van der Waals surface area contributed by atoms with Crippen LogP contribution in [0.4, 0.5) is 0 Å². The summed E-state index contributed by atoms with van der Waals surface area (Å²) in [6.07, 6.45) is 1.07. The van der Waals surface area contributed by atoms with E-state index in [1.807, 2.05) is 11.8 Å². The van der Waals surface area contributed by atoms with Gasteiger partial charge in [-0.3, -0.25) is 4.99 Å². The molecular weight excluding hydrogens is 276 g/mol. The lowest BCUT2D eigenvalue weighted by molar-refractivity contribution is 0.686. The molecule has 0 aromatic heterocycles. The highest BCUT2D eigenvalue weighted by Gasteiger charge is 2.20. The van der Waals surface area contributed by atoms with Crippen LogP contribution in [0.3, 0.4) is 0 Å². The third-order valence-corrected chi connectivity index (χ3v) is 4.69. The molecule has 1 heterocycles. The Morgan fingerprint density at radius 1 is 1.05 bits per heavy atom. The van der Waals surface area contributed by atoms with Gasteiger partial charge in [0.15, 0.2) is 5.17 Å². The number of aryl methyl sites for hydroxylation is 1. The Morgan fingerprint density at radius 3 is 2.57 bits per heavy atom. The lowest BCUT2D eigenvalue weighted by atomic mass is 10.1. The van der Waals surface area contributed by atoms with Crippen LogP contribution in [-0.4, -0.2) is 17.0 Å². The van der Waals surface area contributed by atoms with E-state index >= 15 is 0 Å². The van der Waals surface area contributed by atoms with Crippen LogP contribution in [0.15, 0.2) is 59.6 Å². The van der Waals surface area contributed by atoms with E-state index in [-0.39, 0.29) is 0 Å². The Morgan fingerprint density at radius 2 is 1.81 bits per heavy atom. The number of aliphatic imine (C=N–C) groups is 1. The summed E-state index contributed by atoms with van der Waals surface area (Å²) < 4.78 is 0. The predicted octanol–water partition coefficient (Wildman–Crippen LogP) is 3.80. The Labute approximate surface area is 130 Å². The van der Waals surface area contributed by atoms with Crippen LogP contribution in [0.5, 0.6) is 0 Å². The van der Waals surface area contributed by atoms with E-state index < -0.39 is 0 Å². The van der Waals surface area contributed by atoms with Gasteiger partial charge in [-0.1, -0.05) is 71.9 Å². The summed E-state index contributed by atoms with van der Waals surface area (Å²) in [5.74, 6) is 1.10. The van der Waals surface area contributed by atoms with Crippen molar-refractivity contribution < 1.29 is 0 Å². The molecule has 3 heteroatoms. The fraction of sp³-hybridized carbons (Fsp3) is 0.278. The minimum Gasteiger partial charge on any atom is -0.361 e. The maximum Gasteiger partial charge on any atom is 0.157 e. The molecule has 0 saturated carbocycles. The molecule has 2 aromatic carbocycles. The normalized spacial score (nSPS) is 19.7. The summed E-state index contributed by atoms with van der Waals surface area (Å²) >= 11 is 1.83. The number of thioether (sulfide) groups is 1. The molecule has 0 aliphatic carbocycles. The third-order valence-electron chi connectivity index (χ3n) is 3.60. The Balaban J connectivity index is 1.54. The Bertz CT molecular complexity index is 605. The number of amidine groups is 1. The minimum absolute atomic E-state index is 0.495. The van der Waals surface area contributed by atoms with Crippen molar-refractivity contribution in [2.75, 3.05) is 5.75 Å². The molecule has 1 atom stereocenters. The molecule has 1 aliphatic heterocycles. The molecule has 1 aliphatic rings. The SMILES string of the molecule is Cc1ccc(CN=C2NC(Cc3ccccc3)CS2)cc1. The first kappa shape index (κ1) is 14.2. The zero-order chi connectivity index (χ0) is 14.5. The number of nitrogens with zero attached hydrogens (tertiary/aromatic N) is 1. The minimum atomic E-state index is 0.495. The summed E-state index contributed by atoms with van der Waals surface area (Å²) in [6, 6.07) is 19.7. The maximum absolute atomic E-state index is 4.68. The molecule has 1 saturated heterocycles. The number of hydrogen-bond acceptors (Lipinski definition) is 2. The van der Waals surface area contributed by atoms with Crippen molar-refractivity contribution in [3.8, 4) is 0 Å². The van der Waals surface area contributed by atoms with E-state index in [1.54, 1.807) is 0 Å². The molecule has 0 bridgehead atoms. The summed E-state index contributed by atoms with van der Waals surface area (Å²) in [6.45, 7) is 2.87. The van der Waals surface area contributed by atoms with Crippen molar-refractivity contribution in [1.82, 2.24) is 5.32 Å². The molecule has 1 fully saturated rings. The van der Waals surface area contributed by atoms with Crippen molar-refractivity contribution in [2.45, 2.75) is 25.9 Å². The first-order valence-corrected chi connectivity index (χ1v) is 8.31. The van der Waals surface area contributed by atoms with Gasteiger partial charge < -0.3 is 5.32 Å². The van der Waals surface area contributed by atoms with Gasteiger partial charge >= 0.3 is 0 Å². The van der Waals surface area contributed by atoms with Gasteiger partial charge in [-0.25, -0.2) is 0 Å². The predicted molar refractivity (Wildman–Crippen MR) is 91.8 cm³/mol. The molecule has 1 unspecified atom stereocenters. The molecule has 108 valence electrons. The van der Waals surface area contributed by atoms with Crippen LogP contribution in [0.2, 0.25) is 0 Å². The van der Waals surface area contributed by atoms with Crippen molar-refractivity contribution in [3.05, 3.63) is 71.3 Å². The molecule has 2 nitrogen and oxygen atoms in total. The fourth-order valence-electron chi connectivity index (χ4n) is 2.39. The van der Waals surface area contributed by atoms with Crippen molar-refractivity contribution in [1.29, 1.82) is 0 Å². The van der Waals surface area contributed by atoms with Gasteiger partial charge in [0.1, 0.15) is 0 Å². The van der Waals surface area contributed by atoms with E-state index in [4.69, 9.17) is 0 Å². The smallest absolute Gasteiger partial charge is 0.157 e. The van der Waals surface area contributed by atoms with E-state index in [0.717, 1.165) is 23.9 Å². The molecule has 1 N–H and O–H groups in total. The highest BCUT2D eigenvalue weighted by Crippen LogP contribution is 2.18. The number of benzene rings is 2. The zero-order valence-corrected chi connectivity index (χ0v) is 13.1. The van der Waals surface area contributed by atoms with Crippen LogP contribution in [0, 0.1) is 6.92 Å². The molecule has 3 rings (SSSR count). The lowest BCUT2D eigenvalue weighted by Gasteiger charge is -2.09. The molecule has 0 amide bonds. The van der Waals surface area contributed by atoms with E-state index in [1.165, 1.54) is 16.7 Å². The van der Waals surface area contributed by atoms with Gasteiger partial charge in [-0.2, -0.15) is 0 Å². The van der Waals surface area contributed by atoms with Gasteiger partial charge in [0, 0.05) is 11.8 Å². The molecule has 0 spiro atoms. The van der Waals surface area contributed by atoms with Crippen molar-refractivity contribution >= 4 is 16.9 Å².